The second kappa shape index (κ2) is 30.6. The molecule has 0 radical (unpaired) electrons. The van der Waals surface area contributed by atoms with Gasteiger partial charge in [0, 0.05) is 58.9 Å². The first-order valence-corrected chi connectivity index (χ1v) is 23.2. The molecule has 0 aromatic heterocycles. The molecule has 2 heterocycles. The highest BCUT2D eigenvalue weighted by molar-refractivity contribution is 7.46. The van der Waals surface area contributed by atoms with Crippen molar-refractivity contribution in [2.45, 2.75) is 18.3 Å². The zero-order chi connectivity index (χ0) is 43.7. The van der Waals surface area contributed by atoms with Crippen molar-refractivity contribution in [1.82, 2.24) is 24.5 Å². The lowest BCUT2D eigenvalue weighted by atomic mass is 10.3. The molecule has 328 valence electrons. The topological polar surface area (TPSA) is 361 Å². The molecule has 12 N–H and O–H groups in total. The van der Waals surface area contributed by atoms with Gasteiger partial charge in [0.25, 0.3) is 0 Å². The van der Waals surface area contributed by atoms with Gasteiger partial charge in [0.1, 0.15) is 0 Å². The molecule has 0 amide bonds. The summed E-state index contributed by atoms with van der Waals surface area (Å²) in [5.41, 5.74) is 0.152. The van der Waals surface area contributed by atoms with E-state index in [1.165, 1.54) is 32.6 Å². The van der Waals surface area contributed by atoms with Crippen LogP contribution in [0, 0.1) is 0 Å². The van der Waals surface area contributed by atoms with E-state index in [1.54, 1.807) is 0 Å². The zero-order valence-electron chi connectivity index (χ0n) is 28.2. The Labute approximate surface area is 306 Å². The summed E-state index contributed by atoms with van der Waals surface area (Å²) in [5, 5.41) is 0. The maximum Gasteiger partial charge on any atom is 0.507 e. The highest BCUT2D eigenvalue weighted by Gasteiger charge is 2.20. The van der Waals surface area contributed by atoms with Gasteiger partial charge in [-0.2, -0.15) is 0 Å². The van der Waals surface area contributed by atoms with Gasteiger partial charge >= 0.3 is 47.4 Å². The standard InChI is InChI=1S/C17H36ClN5.6FH2O3P/c1-19-6-4-7-22-13-9-20(2)8-5-17(18)23(15-11-19)16-12-21(3)10-14-22;6*1-5(2,3)4/h17H,4-16H2,1-3H3;6*(H2,2,3,4). The Morgan fingerprint density at radius 2 is 0.642 bits per heavy atom. The van der Waals surface area contributed by atoms with Crippen molar-refractivity contribution >= 4 is 59.0 Å². The highest BCUT2D eigenvalue weighted by atomic mass is 35.5. The SMILES string of the molecule is CN1CCC(Cl)N2CCN(C)CCCN(CC1)CCN(C)CC2.O=P(O)(O)F.O=P(O)(O)F.O=P(O)(O)F.O=P(O)(O)F.O=P(O)(O)F.O=P(O)(O)F. The number of rotatable bonds is 0. The number of alkyl halides is 1. The van der Waals surface area contributed by atoms with Crippen molar-refractivity contribution in [3.63, 3.8) is 0 Å². The van der Waals surface area contributed by atoms with E-state index in [4.69, 9.17) is 97.7 Å². The zero-order valence-corrected chi connectivity index (χ0v) is 34.3. The number of hydrogen-bond acceptors (Lipinski definition) is 11. The Kier molecular flexibility index (Phi) is 36.3. The van der Waals surface area contributed by atoms with Crippen molar-refractivity contribution in [3.8, 4) is 0 Å². The second-order valence-corrected chi connectivity index (χ2v) is 16.4. The van der Waals surface area contributed by atoms with E-state index >= 15 is 0 Å². The Bertz CT molecular complexity index is 1020. The molecule has 53 heavy (non-hydrogen) atoms. The maximum absolute atomic E-state index is 10.4. The summed E-state index contributed by atoms with van der Waals surface area (Å²) in [6.45, 7) is 12.5. The molecule has 3 atom stereocenters. The monoisotopic (exact) mass is 945 g/mol. The van der Waals surface area contributed by atoms with Crippen LogP contribution in [0.2, 0.25) is 0 Å². The Hall–Kier alpha value is 0.570. The van der Waals surface area contributed by atoms with Gasteiger partial charge in [-0.15, -0.1) is 36.8 Å². The van der Waals surface area contributed by atoms with E-state index in [-0.39, 0.29) is 5.50 Å². The molecule has 3 unspecified atom stereocenters. The van der Waals surface area contributed by atoms with Crippen LogP contribution < -0.4 is 0 Å². The first-order valence-electron chi connectivity index (χ1n) is 13.7. The van der Waals surface area contributed by atoms with Gasteiger partial charge in [0.05, 0.1) is 5.50 Å². The Morgan fingerprint density at radius 1 is 0.415 bits per heavy atom. The number of hydrogen-bond donors (Lipinski definition) is 12. The number of fused-ring (bicyclic) bond motifs is 6. The fourth-order valence-electron chi connectivity index (χ4n) is 3.36. The fourth-order valence-corrected chi connectivity index (χ4v) is 3.65. The van der Waals surface area contributed by atoms with E-state index in [2.05, 4.69) is 45.6 Å². The van der Waals surface area contributed by atoms with Gasteiger partial charge in [-0.3, -0.25) is 63.6 Å². The van der Waals surface area contributed by atoms with E-state index in [0.29, 0.717) is 0 Å². The summed E-state index contributed by atoms with van der Waals surface area (Å²) in [6.07, 6.45) is 2.31. The predicted octanol–water partition coefficient (Wildman–Crippen LogP) is 1.05. The van der Waals surface area contributed by atoms with E-state index in [0.717, 1.165) is 52.2 Å². The summed E-state index contributed by atoms with van der Waals surface area (Å²) >= 11 is 6.75. The minimum atomic E-state index is -5.14. The minimum absolute atomic E-state index is 0.152. The normalized spacial score (nSPS) is 22.0. The average molecular weight is 946 g/mol. The molecule has 23 nitrogen and oxygen atoms in total. The molecule has 2 saturated heterocycles. The lowest BCUT2D eigenvalue weighted by Crippen LogP contribution is -2.43. The Balaban J connectivity index is -0.000000208. The number of nitrogens with zero attached hydrogens (tertiary/aromatic N) is 5. The summed E-state index contributed by atoms with van der Waals surface area (Å²) in [6, 6.07) is 0. The fraction of sp³-hybridized carbons (Fsp3) is 1.00. The van der Waals surface area contributed by atoms with Crippen LogP contribution in [0.25, 0.3) is 0 Å². The maximum atomic E-state index is 10.4. The Morgan fingerprint density at radius 3 is 0.925 bits per heavy atom. The van der Waals surface area contributed by atoms with Crippen LogP contribution in [0.1, 0.15) is 12.8 Å². The van der Waals surface area contributed by atoms with Gasteiger partial charge in [-0.05, 0) is 47.1 Å². The molecule has 0 aromatic carbocycles. The number of likely N-dealkylation sites (N-methyl/N-ethyl adjacent to an activating group) is 3. The van der Waals surface area contributed by atoms with Crippen LogP contribution in [0.15, 0.2) is 0 Å². The smallest absolute Gasteiger partial charge is 0.305 e. The van der Waals surface area contributed by atoms with Gasteiger partial charge in [0.2, 0.25) is 0 Å². The second-order valence-electron chi connectivity index (χ2n) is 10.2. The average Bonchev–Trinajstić information content (AvgIpc) is 2.83. The van der Waals surface area contributed by atoms with Crippen molar-refractivity contribution in [2.24, 2.45) is 0 Å². The summed E-state index contributed by atoms with van der Waals surface area (Å²) in [5.74, 6) is 0. The molecule has 36 heteroatoms. The third-order valence-electron chi connectivity index (χ3n) is 5.29. The van der Waals surface area contributed by atoms with Gasteiger partial charge < -0.3 is 19.6 Å². The molecule has 2 bridgehead atoms. The predicted molar refractivity (Wildman–Crippen MR) is 178 cm³/mol. The van der Waals surface area contributed by atoms with Crippen LogP contribution in [0.3, 0.4) is 0 Å². The van der Waals surface area contributed by atoms with Crippen LogP contribution in [0.4, 0.5) is 25.2 Å². The molecule has 2 rings (SSSR count). The lowest BCUT2D eigenvalue weighted by molar-refractivity contribution is 0.174. The quantitative estimate of drug-likeness (QED) is 0.0531. The molecule has 0 spiro atoms. The molecule has 2 fully saturated rings. The summed E-state index contributed by atoms with van der Waals surface area (Å²) in [4.78, 5) is 96.1. The molecule has 2 aliphatic heterocycles. The van der Waals surface area contributed by atoms with Gasteiger partial charge in [-0.25, -0.2) is 27.4 Å². The summed E-state index contributed by atoms with van der Waals surface area (Å²) < 4.78 is 114. The third-order valence-corrected chi connectivity index (χ3v) is 5.79. The highest BCUT2D eigenvalue weighted by Crippen LogP contribution is 2.37. The molecular formula is C17H48ClF6N5O18P6. The first-order chi connectivity index (χ1) is 23.0. The molecule has 0 saturated carbocycles. The van der Waals surface area contributed by atoms with Crippen LogP contribution in [-0.2, 0) is 27.4 Å². The van der Waals surface area contributed by atoms with Crippen molar-refractivity contribution in [2.75, 3.05) is 93.1 Å². The largest absolute Gasteiger partial charge is 0.507 e. The molecule has 0 aliphatic carbocycles. The van der Waals surface area contributed by atoms with Gasteiger partial charge in [0.15, 0.2) is 0 Å². The number of halogens is 7. The van der Waals surface area contributed by atoms with Crippen LogP contribution >= 0.6 is 59.0 Å². The minimum Gasteiger partial charge on any atom is -0.305 e. The lowest BCUT2D eigenvalue weighted by Gasteiger charge is -2.31. The van der Waals surface area contributed by atoms with Crippen molar-refractivity contribution in [3.05, 3.63) is 0 Å². The molecular weight excluding hydrogens is 897 g/mol. The van der Waals surface area contributed by atoms with Crippen LogP contribution in [0.5, 0.6) is 0 Å². The van der Waals surface area contributed by atoms with E-state index in [9.17, 15) is 25.2 Å². The first kappa shape index (κ1) is 62.8. The van der Waals surface area contributed by atoms with E-state index in [1.807, 2.05) is 0 Å². The van der Waals surface area contributed by atoms with E-state index < -0.39 is 47.4 Å². The van der Waals surface area contributed by atoms with Crippen molar-refractivity contribution < 1.29 is 111 Å². The van der Waals surface area contributed by atoms with Crippen LogP contribution in [-0.4, -0.2) is 182 Å². The molecule has 0 aromatic rings. The third kappa shape index (κ3) is 106. The van der Waals surface area contributed by atoms with Crippen molar-refractivity contribution in [1.29, 1.82) is 0 Å². The molecule has 2 aliphatic rings. The summed E-state index contributed by atoms with van der Waals surface area (Å²) in [7, 11) is -24.1. The van der Waals surface area contributed by atoms with Gasteiger partial charge in [-0.1, -0.05) is 0 Å².